The zero-order valence-corrected chi connectivity index (χ0v) is 30.0. The van der Waals surface area contributed by atoms with Crippen LogP contribution >= 0.6 is 0 Å². The molecule has 0 spiro atoms. The second kappa shape index (κ2) is 26.3. The van der Waals surface area contributed by atoms with Crippen molar-refractivity contribution in [2.45, 2.75) is 141 Å². The van der Waals surface area contributed by atoms with Crippen LogP contribution in [0.5, 0.6) is 0 Å². The third-order valence-corrected chi connectivity index (χ3v) is 7.35. The highest BCUT2D eigenvalue weighted by molar-refractivity contribution is 5.91. The molecular formula is C35H56N2O13. The average molecular weight is 713 g/mol. The lowest BCUT2D eigenvalue weighted by Gasteiger charge is -2.45. The summed E-state index contributed by atoms with van der Waals surface area (Å²) in [5.74, 6) is -2.98. The van der Waals surface area contributed by atoms with Gasteiger partial charge in [-0.1, -0.05) is 40.7 Å². The minimum Gasteiger partial charge on any atom is -0.463 e. The Labute approximate surface area is 295 Å². The Morgan fingerprint density at radius 1 is 0.780 bits per heavy atom. The van der Waals surface area contributed by atoms with Crippen LogP contribution in [0, 0.1) is 11.3 Å². The molecule has 0 bridgehead atoms. The summed E-state index contributed by atoms with van der Waals surface area (Å²) in [5.41, 5.74) is -0.243. The Hall–Kier alpha value is -3.58. The highest BCUT2D eigenvalue weighted by atomic mass is 16.7. The number of unbranched alkanes of at least 4 members (excludes halogenated alkanes) is 3. The number of ether oxygens (including phenoxy) is 7. The van der Waals surface area contributed by atoms with Crippen LogP contribution in [0.4, 0.5) is 0 Å². The minimum absolute atomic E-state index is 0.0417. The number of esters is 5. The van der Waals surface area contributed by atoms with E-state index in [4.69, 9.17) is 38.4 Å². The van der Waals surface area contributed by atoms with Gasteiger partial charge in [0.25, 0.3) is 0 Å². The maximum atomic E-state index is 12.9. The van der Waals surface area contributed by atoms with Gasteiger partial charge in [-0.05, 0) is 44.9 Å². The van der Waals surface area contributed by atoms with E-state index in [1.807, 2.05) is 6.92 Å². The van der Waals surface area contributed by atoms with E-state index >= 15 is 0 Å². The zero-order valence-electron chi connectivity index (χ0n) is 30.0. The quantitative estimate of drug-likeness (QED) is 0.0434. The summed E-state index contributed by atoms with van der Waals surface area (Å²) in [4.78, 5) is 62.0. The van der Waals surface area contributed by atoms with E-state index in [-0.39, 0.29) is 57.6 Å². The Morgan fingerprint density at radius 3 is 1.90 bits per heavy atom. The molecule has 0 aromatic rings. The lowest BCUT2D eigenvalue weighted by Crippen LogP contribution is -2.67. The molecule has 0 radical (unpaired) electrons. The van der Waals surface area contributed by atoms with Crippen LogP contribution in [0.3, 0.4) is 0 Å². The van der Waals surface area contributed by atoms with Crippen molar-refractivity contribution < 1.29 is 62.2 Å². The maximum absolute atomic E-state index is 12.9. The molecule has 15 nitrogen and oxygen atoms in total. The summed E-state index contributed by atoms with van der Waals surface area (Å²) >= 11 is 0. The van der Waals surface area contributed by atoms with E-state index in [0.717, 1.165) is 12.8 Å². The standard InChI is InChI=1S/C35H56N2O13/c1-6-14-27(39)46-23-26-32(48-28(40)15-7-2)33(49-29(41)16-8-3)31(35(47-26)50-30(42)17-9-4)37-21-25(38)22-44-18-12-10-11-13-19-45-34(43)24(5)20-36/h25-26,31-33,35,37-38H,5-19,21-23H2,1-4H3/t25?,26-,31+,32-,33-,35+/m1/s1. The predicted molar refractivity (Wildman–Crippen MR) is 178 cm³/mol. The third-order valence-electron chi connectivity index (χ3n) is 7.35. The van der Waals surface area contributed by atoms with Gasteiger partial charge in [-0.3, -0.25) is 19.2 Å². The summed E-state index contributed by atoms with van der Waals surface area (Å²) in [6.07, 6.45) is -0.743. The molecule has 0 aromatic heterocycles. The van der Waals surface area contributed by atoms with Gasteiger partial charge in [-0.15, -0.1) is 0 Å². The molecule has 1 saturated heterocycles. The average Bonchev–Trinajstić information content (AvgIpc) is 3.07. The van der Waals surface area contributed by atoms with Crippen LogP contribution in [-0.2, 0) is 57.1 Å². The van der Waals surface area contributed by atoms with Crippen molar-refractivity contribution in [2.75, 3.05) is 33.0 Å². The van der Waals surface area contributed by atoms with Gasteiger partial charge in [-0.2, -0.15) is 5.26 Å². The van der Waals surface area contributed by atoms with E-state index in [1.54, 1.807) is 26.8 Å². The molecule has 6 atom stereocenters. The number of aliphatic hydroxyl groups is 1. The molecule has 1 unspecified atom stereocenters. The smallest absolute Gasteiger partial charge is 0.348 e. The largest absolute Gasteiger partial charge is 0.463 e. The fourth-order valence-electron chi connectivity index (χ4n) is 4.82. The van der Waals surface area contributed by atoms with Crippen molar-refractivity contribution in [3.8, 4) is 6.07 Å². The first-order valence-electron chi connectivity index (χ1n) is 17.7. The van der Waals surface area contributed by atoms with Crippen molar-refractivity contribution >= 4 is 29.8 Å². The molecule has 1 aliphatic rings. The molecule has 0 aromatic carbocycles. The third kappa shape index (κ3) is 17.9. The number of rotatable bonds is 26. The van der Waals surface area contributed by atoms with Gasteiger partial charge >= 0.3 is 29.8 Å². The Morgan fingerprint density at radius 2 is 1.32 bits per heavy atom. The number of carbonyl (C=O) groups excluding carboxylic acids is 5. The molecule has 1 heterocycles. The number of nitrogens with one attached hydrogen (secondary N) is 1. The van der Waals surface area contributed by atoms with Crippen molar-refractivity contribution in [1.82, 2.24) is 5.32 Å². The number of carbonyl (C=O) groups is 5. The van der Waals surface area contributed by atoms with Crippen LogP contribution in [0.1, 0.15) is 105 Å². The molecule has 284 valence electrons. The maximum Gasteiger partial charge on any atom is 0.348 e. The highest BCUT2D eigenvalue weighted by Crippen LogP contribution is 2.29. The van der Waals surface area contributed by atoms with E-state index in [9.17, 15) is 29.1 Å². The monoisotopic (exact) mass is 712 g/mol. The van der Waals surface area contributed by atoms with Crippen LogP contribution < -0.4 is 5.32 Å². The van der Waals surface area contributed by atoms with Gasteiger partial charge < -0.3 is 43.6 Å². The summed E-state index contributed by atoms with van der Waals surface area (Å²) in [6.45, 7) is 10.6. The number of hydrogen-bond acceptors (Lipinski definition) is 15. The van der Waals surface area contributed by atoms with E-state index in [0.29, 0.717) is 45.1 Å². The van der Waals surface area contributed by atoms with Gasteiger partial charge in [0.1, 0.15) is 30.4 Å². The number of nitrogens with zero attached hydrogens (tertiary/aromatic N) is 1. The fraction of sp³-hybridized carbons (Fsp3) is 0.771. The van der Waals surface area contributed by atoms with E-state index in [1.165, 1.54) is 0 Å². The van der Waals surface area contributed by atoms with Crippen molar-refractivity contribution in [3.63, 3.8) is 0 Å². The number of hydrogen-bond donors (Lipinski definition) is 2. The van der Waals surface area contributed by atoms with Gasteiger partial charge in [0.2, 0.25) is 6.29 Å². The van der Waals surface area contributed by atoms with Crippen LogP contribution in [0.25, 0.3) is 0 Å². The normalized spacial score (nSPS) is 20.5. The molecule has 1 fully saturated rings. The Balaban J connectivity index is 3.01. The minimum atomic E-state index is -1.35. The first kappa shape index (κ1) is 44.4. The molecule has 1 aliphatic heterocycles. The zero-order chi connectivity index (χ0) is 37.3. The topological polar surface area (TPSA) is 206 Å². The first-order valence-corrected chi connectivity index (χ1v) is 17.7. The molecule has 2 N–H and O–H groups in total. The Bertz CT molecular complexity index is 1110. The van der Waals surface area contributed by atoms with Gasteiger partial charge in [0.15, 0.2) is 12.2 Å². The summed E-state index contributed by atoms with van der Waals surface area (Å²) < 4.78 is 39.4. The summed E-state index contributed by atoms with van der Waals surface area (Å²) in [5, 5.41) is 22.5. The van der Waals surface area contributed by atoms with E-state index < -0.39 is 66.6 Å². The predicted octanol–water partition coefficient (Wildman–Crippen LogP) is 3.34. The number of aliphatic hydroxyl groups excluding tert-OH is 1. The highest BCUT2D eigenvalue weighted by Gasteiger charge is 2.52. The van der Waals surface area contributed by atoms with Crippen LogP contribution in [-0.4, -0.2) is 105 Å². The van der Waals surface area contributed by atoms with Crippen molar-refractivity contribution in [1.29, 1.82) is 5.26 Å². The summed E-state index contributed by atoms with van der Waals surface area (Å²) in [6, 6.07) is 0.566. The number of nitriles is 1. The fourth-order valence-corrected chi connectivity index (χ4v) is 4.82. The van der Waals surface area contributed by atoms with Crippen LogP contribution in [0.15, 0.2) is 12.2 Å². The molecule has 0 amide bonds. The molecule has 0 aliphatic carbocycles. The Kier molecular flexibility index (Phi) is 23.3. The molecule has 1 rings (SSSR count). The molecule has 15 heteroatoms. The van der Waals surface area contributed by atoms with Crippen LogP contribution in [0.2, 0.25) is 0 Å². The van der Waals surface area contributed by atoms with Gasteiger partial charge in [-0.25, -0.2) is 4.79 Å². The van der Waals surface area contributed by atoms with Crippen molar-refractivity contribution in [3.05, 3.63) is 12.2 Å². The summed E-state index contributed by atoms with van der Waals surface area (Å²) in [7, 11) is 0. The first-order chi connectivity index (χ1) is 24.0. The van der Waals surface area contributed by atoms with E-state index in [2.05, 4.69) is 11.9 Å². The molecule has 0 saturated carbocycles. The molecular weight excluding hydrogens is 656 g/mol. The van der Waals surface area contributed by atoms with Gasteiger partial charge in [0.05, 0.1) is 19.3 Å². The second-order valence-electron chi connectivity index (χ2n) is 11.9. The molecule has 50 heavy (non-hydrogen) atoms. The second-order valence-corrected chi connectivity index (χ2v) is 11.9. The lowest BCUT2D eigenvalue weighted by molar-refractivity contribution is -0.273. The van der Waals surface area contributed by atoms with Gasteiger partial charge in [0, 0.05) is 38.8 Å². The van der Waals surface area contributed by atoms with Crippen molar-refractivity contribution in [2.24, 2.45) is 0 Å². The lowest BCUT2D eigenvalue weighted by atomic mass is 9.95. The SMILES string of the molecule is C=C(C#N)C(=O)OCCCCCCOCC(O)CN[C@@H]1[C@H](OC(=O)CCC)O[C@H](COC(=O)CCC)[C@@H](OC(=O)CCC)[C@@H]1OC(=O)CCC.